The highest BCUT2D eigenvalue weighted by atomic mass is 16.1. The summed E-state index contributed by atoms with van der Waals surface area (Å²) in [4.78, 5) is 11.9. The van der Waals surface area contributed by atoms with Crippen molar-refractivity contribution in [1.29, 1.82) is 5.26 Å². The first-order valence-corrected chi connectivity index (χ1v) is 6.03. The summed E-state index contributed by atoms with van der Waals surface area (Å²) in [5.74, 6) is -0.169. The highest BCUT2D eigenvalue weighted by molar-refractivity contribution is 5.94. The molecule has 0 aliphatic rings. The second-order valence-corrected chi connectivity index (χ2v) is 4.36. The maximum Gasteiger partial charge on any atom is 0.251 e. The molecule has 0 saturated heterocycles. The van der Waals surface area contributed by atoms with Crippen molar-refractivity contribution in [3.05, 3.63) is 70.8 Å². The van der Waals surface area contributed by atoms with E-state index < -0.39 is 0 Å². The molecule has 0 bridgehead atoms. The lowest BCUT2D eigenvalue weighted by Crippen LogP contribution is -2.22. The number of carbonyl (C=O) groups is 1. The van der Waals surface area contributed by atoms with E-state index in [-0.39, 0.29) is 5.91 Å². The first-order chi connectivity index (χ1) is 9.19. The number of hydrogen-bond donors (Lipinski definition) is 1. The van der Waals surface area contributed by atoms with Gasteiger partial charge in [0.15, 0.2) is 0 Å². The molecule has 0 aromatic heterocycles. The van der Waals surface area contributed by atoms with Gasteiger partial charge < -0.3 is 5.32 Å². The number of aryl methyl sites for hydroxylation is 1. The van der Waals surface area contributed by atoms with Crippen LogP contribution in [0.25, 0.3) is 0 Å². The Morgan fingerprint density at radius 2 is 1.95 bits per heavy atom. The number of rotatable bonds is 3. The Morgan fingerprint density at radius 3 is 2.63 bits per heavy atom. The number of nitriles is 1. The van der Waals surface area contributed by atoms with Crippen molar-refractivity contribution >= 4 is 5.91 Å². The minimum absolute atomic E-state index is 0.169. The first-order valence-electron chi connectivity index (χ1n) is 6.03. The Bertz CT molecular complexity index is 624. The van der Waals surface area contributed by atoms with E-state index in [4.69, 9.17) is 5.26 Å². The van der Waals surface area contributed by atoms with E-state index in [1.807, 2.05) is 37.3 Å². The molecule has 0 spiro atoms. The minimum Gasteiger partial charge on any atom is -0.348 e. The normalized spacial score (nSPS) is 9.68. The van der Waals surface area contributed by atoms with Gasteiger partial charge in [-0.25, -0.2) is 0 Å². The zero-order chi connectivity index (χ0) is 13.7. The third-order valence-electron chi connectivity index (χ3n) is 2.83. The van der Waals surface area contributed by atoms with Crippen molar-refractivity contribution in [3.63, 3.8) is 0 Å². The lowest BCUT2D eigenvalue weighted by atomic mass is 10.1. The fourth-order valence-electron chi connectivity index (χ4n) is 1.72. The van der Waals surface area contributed by atoms with Crippen LogP contribution in [-0.4, -0.2) is 5.91 Å². The topological polar surface area (TPSA) is 52.9 Å². The number of hydrogen-bond acceptors (Lipinski definition) is 2. The summed E-state index contributed by atoms with van der Waals surface area (Å²) in [5.41, 5.74) is 3.24. The average molecular weight is 250 g/mol. The number of amides is 1. The van der Waals surface area contributed by atoms with Crippen LogP contribution in [0.2, 0.25) is 0 Å². The zero-order valence-electron chi connectivity index (χ0n) is 10.7. The first kappa shape index (κ1) is 12.8. The van der Waals surface area contributed by atoms with E-state index >= 15 is 0 Å². The Labute approximate surface area is 112 Å². The number of benzene rings is 2. The summed E-state index contributed by atoms with van der Waals surface area (Å²) in [6.45, 7) is 2.51. The highest BCUT2D eigenvalue weighted by Gasteiger charge is 2.05. The van der Waals surface area contributed by atoms with Gasteiger partial charge in [-0.3, -0.25) is 4.79 Å². The zero-order valence-corrected chi connectivity index (χ0v) is 10.7. The Morgan fingerprint density at radius 1 is 1.21 bits per heavy atom. The van der Waals surface area contributed by atoms with Crippen LogP contribution in [0, 0.1) is 18.3 Å². The summed E-state index contributed by atoms with van der Waals surface area (Å²) < 4.78 is 0. The SMILES string of the molecule is Cc1ccc(CNC(=O)c2cccc(C#N)c2)cc1. The summed E-state index contributed by atoms with van der Waals surface area (Å²) >= 11 is 0. The Kier molecular flexibility index (Phi) is 3.94. The molecule has 2 aromatic rings. The third-order valence-corrected chi connectivity index (χ3v) is 2.83. The van der Waals surface area contributed by atoms with E-state index in [0.717, 1.165) is 5.56 Å². The van der Waals surface area contributed by atoms with Crippen LogP contribution in [0.3, 0.4) is 0 Å². The summed E-state index contributed by atoms with van der Waals surface area (Å²) in [5, 5.41) is 11.6. The fraction of sp³-hybridized carbons (Fsp3) is 0.125. The molecule has 0 unspecified atom stereocenters. The van der Waals surface area contributed by atoms with Gasteiger partial charge in [-0.1, -0.05) is 35.9 Å². The molecule has 0 atom stereocenters. The molecular weight excluding hydrogens is 236 g/mol. The van der Waals surface area contributed by atoms with Crippen LogP contribution in [0.15, 0.2) is 48.5 Å². The maximum atomic E-state index is 11.9. The lowest BCUT2D eigenvalue weighted by Gasteiger charge is -2.06. The minimum atomic E-state index is -0.169. The van der Waals surface area contributed by atoms with Crippen molar-refractivity contribution in [2.24, 2.45) is 0 Å². The standard InChI is InChI=1S/C16H14N2O/c1-12-5-7-13(8-6-12)11-18-16(19)15-4-2-3-14(9-15)10-17/h2-9H,11H2,1H3,(H,18,19). The molecule has 0 heterocycles. The van der Waals surface area contributed by atoms with Crippen molar-refractivity contribution in [3.8, 4) is 6.07 Å². The van der Waals surface area contributed by atoms with Gasteiger partial charge in [0.05, 0.1) is 11.6 Å². The molecular formula is C16H14N2O. The van der Waals surface area contributed by atoms with Crippen molar-refractivity contribution in [2.75, 3.05) is 0 Å². The molecule has 19 heavy (non-hydrogen) atoms. The van der Waals surface area contributed by atoms with Crippen LogP contribution >= 0.6 is 0 Å². The molecule has 0 saturated carbocycles. The molecule has 1 N–H and O–H groups in total. The lowest BCUT2D eigenvalue weighted by molar-refractivity contribution is 0.0951. The number of carbonyl (C=O) groups excluding carboxylic acids is 1. The summed E-state index contributed by atoms with van der Waals surface area (Å²) in [6, 6.07) is 16.7. The van der Waals surface area contributed by atoms with Gasteiger partial charge in [0.2, 0.25) is 0 Å². The van der Waals surface area contributed by atoms with Crippen LogP contribution in [0.5, 0.6) is 0 Å². The molecule has 3 nitrogen and oxygen atoms in total. The van der Waals surface area contributed by atoms with Gasteiger partial charge in [-0.2, -0.15) is 5.26 Å². The van der Waals surface area contributed by atoms with Crippen molar-refractivity contribution in [1.82, 2.24) is 5.32 Å². The Balaban J connectivity index is 2.01. The second kappa shape index (κ2) is 5.83. The molecule has 3 heteroatoms. The molecule has 0 fully saturated rings. The Hall–Kier alpha value is -2.60. The van der Waals surface area contributed by atoms with Gasteiger partial charge in [0.1, 0.15) is 0 Å². The monoisotopic (exact) mass is 250 g/mol. The summed E-state index contributed by atoms with van der Waals surface area (Å²) in [6.07, 6.45) is 0. The van der Waals surface area contributed by atoms with E-state index in [9.17, 15) is 4.79 Å². The molecule has 2 aromatic carbocycles. The van der Waals surface area contributed by atoms with Gasteiger partial charge in [0.25, 0.3) is 5.91 Å². The van der Waals surface area contributed by atoms with Crippen LogP contribution in [0.4, 0.5) is 0 Å². The highest BCUT2D eigenvalue weighted by Crippen LogP contribution is 2.06. The largest absolute Gasteiger partial charge is 0.348 e. The average Bonchev–Trinajstić information content (AvgIpc) is 2.46. The maximum absolute atomic E-state index is 11.9. The summed E-state index contributed by atoms with van der Waals surface area (Å²) in [7, 11) is 0. The van der Waals surface area contributed by atoms with Crippen molar-refractivity contribution < 1.29 is 4.79 Å². The molecule has 0 radical (unpaired) electrons. The van der Waals surface area contributed by atoms with Crippen LogP contribution < -0.4 is 5.32 Å². The molecule has 2 rings (SSSR count). The van der Waals surface area contributed by atoms with E-state index in [2.05, 4.69) is 5.32 Å². The predicted molar refractivity (Wildman–Crippen MR) is 73.5 cm³/mol. The van der Waals surface area contributed by atoms with Crippen LogP contribution in [0.1, 0.15) is 27.0 Å². The third kappa shape index (κ3) is 3.43. The predicted octanol–water partition coefficient (Wildman–Crippen LogP) is 2.80. The van der Waals surface area contributed by atoms with Crippen molar-refractivity contribution in [2.45, 2.75) is 13.5 Å². The van der Waals surface area contributed by atoms with E-state index in [1.54, 1.807) is 24.3 Å². The fourth-order valence-corrected chi connectivity index (χ4v) is 1.72. The molecule has 1 amide bonds. The smallest absolute Gasteiger partial charge is 0.251 e. The molecule has 0 aliphatic heterocycles. The van der Waals surface area contributed by atoms with Gasteiger partial charge in [0, 0.05) is 12.1 Å². The number of nitrogens with one attached hydrogen (secondary N) is 1. The van der Waals surface area contributed by atoms with E-state index in [0.29, 0.717) is 17.7 Å². The second-order valence-electron chi connectivity index (χ2n) is 4.36. The van der Waals surface area contributed by atoms with Gasteiger partial charge >= 0.3 is 0 Å². The quantitative estimate of drug-likeness (QED) is 0.910. The number of nitrogens with zero attached hydrogens (tertiary/aromatic N) is 1. The molecule has 94 valence electrons. The van der Waals surface area contributed by atoms with E-state index in [1.165, 1.54) is 5.56 Å². The van der Waals surface area contributed by atoms with Gasteiger partial charge in [-0.05, 0) is 30.7 Å². The van der Waals surface area contributed by atoms with Gasteiger partial charge in [-0.15, -0.1) is 0 Å². The van der Waals surface area contributed by atoms with Crippen LogP contribution in [-0.2, 0) is 6.54 Å². The molecule has 0 aliphatic carbocycles.